The van der Waals surface area contributed by atoms with Gasteiger partial charge in [-0.25, -0.2) is 8.42 Å². The summed E-state index contributed by atoms with van der Waals surface area (Å²) in [6.45, 7) is 5.63. The van der Waals surface area contributed by atoms with Gasteiger partial charge in [-0.1, -0.05) is 18.2 Å². The molecular formula is C12H19ClN2O2S. The van der Waals surface area contributed by atoms with Gasteiger partial charge in [-0.15, -0.1) is 12.4 Å². The van der Waals surface area contributed by atoms with Crippen LogP contribution in [-0.2, 0) is 10.0 Å². The Morgan fingerprint density at radius 1 is 1.33 bits per heavy atom. The van der Waals surface area contributed by atoms with Crippen LogP contribution in [0.5, 0.6) is 0 Å². The summed E-state index contributed by atoms with van der Waals surface area (Å²) in [5.74, 6) is 0. The third-order valence-electron chi connectivity index (χ3n) is 3.04. The molecule has 1 aliphatic heterocycles. The fourth-order valence-corrected chi connectivity index (χ4v) is 3.86. The van der Waals surface area contributed by atoms with Crippen molar-refractivity contribution in [1.29, 1.82) is 0 Å². The molecule has 0 spiro atoms. The van der Waals surface area contributed by atoms with Crippen molar-refractivity contribution in [3.8, 4) is 0 Å². The molecule has 1 fully saturated rings. The van der Waals surface area contributed by atoms with Gasteiger partial charge >= 0.3 is 0 Å². The molecule has 2 rings (SSSR count). The van der Waals surface area contributed by atoms with Gasteiger partial charge in [0.15, 0.2) is 0 Å². The van der Waals surface area contributed by atoms with E-state index in [2.05, 4.69) is 5.32 Å². The molecule has 1 aliphatic rings. The maximum absolute atomic E-state index is 12.5. The van der Waals surface area contributed by atoms with Gasteiger partial charge in [0.05, 0.1) is 4.90 Å². The molecule has 6 heteroatoms. The molecule has 4 nitrogen and oxygen atoms in total. The van der Waals surface area contributed by atoms with Crippen molar-refractivity contribution in [2.75, 3.05) is 19.6 Å². The lowest BCUT2D eigenvalue weighted by Crippen LogP contribution is -2.51. The predicted molar refractivity (Wildman–Crippen MR) is 74.7 cm³/mol. The minimum Gasteiger partial charge on any atom is -0.312 e. The van der Waals surface area contributed by atoms with Crippen LogP contribution in [0.25, 0.3) is 0 Å². The Morgan fingerprint density at radius 2 is 2.00 bits per heavy atom. The second-order valence-corrected chi connectivity index (χ2v) is 6.39. The number of nitrogens with one attached hydrogen (secondary N) is 1. The highest BCUT2D eigenvalue weighted by atomic mass is 35.5. The first-order valence-corrected chi connectivity index (χ1v) is 7.25. The van der Waals surface area contributed by atoms with E-state index in [0.717, 1.165) is 5.56 Å². The van der Waals surface area contributed by atoms with E-state index >= 15 is 0 Å². The lowest BCUT2D eigenvalue weighted by Gasteiger charge is -2.31. The first-order valence-electron chi connectivity index (χ1n) is 5.81. The Morgan fingerprint density at radius 3 is 2.61 bits per heavy atom. The smallest absolute Gasteiger partial charge is 0.243 e. The third-order valence-corrected chi connectivity index (χ3v) is 5.07. The standard InChI is InChI=1S/C12H18N2O2S.ClH/c1-10-5-3-4-6-12(10)17(15,16)14-8-7-13-11(2)9-14;/h3-6,11,13H,7-9H2,1-2H3;1H/t11-;/m1./s1. The summed E-state index contributed by atoms with van der Waals surface area (Å²) in [7, 11) is -3.33. The van der Waals surface area contributed by atoms with Crippen LogP contribution in [0.2, 0.25) is 0 Å². The Labute approximate surface area is 115 Å². The summed E-state index contributed by atoms with van der Waals surface area (Å²) in [6.07, 6.45) is 0. The SMILES string of the molecule is Cc1ccccc1S(=O)(=O)N1CCN[C@H](C)C1.Cl. The summed E-state index contributed by atoms with van der Waals surface area (Å²) < 4.78 is 26.5. The zero-order valence-corrected chi connectivity index (χ0v) is 12.2. The number of sulfonamides is 1. The molecule has 0 saturated carbocycles. The number of halogens is 1. The van der Waals surface area contributed by atoms with Crippen molar-refractivity contribution in [2.45, 2.75) is 24.8 Å². The van der Waals surface area contributed by atoms with E-state index in [4.69, 9.17) is 0 Å². The average Bonchev–Trinajstić information content (AvgIpc) is 2.29. The second-order valence-electron chi connectivity index (χ2n) is 4.48. The molecule has 18 heavy (non-hydrogen) atoms. The molecule has 1 N–H and O–H groups in total. The molecule has 0 amide bonds. The zero-order valence-electron chi connectivity index (χ0n) is 10.6. The summed E-state index contributed by atoms with van der Waals surface area (Å²) in [5, 5.41) is 3.24. The van der Waals surface area contributed by atoms with Crippen LogP contribution in [0, 0.1) is 6.92 Å². The van der Waals surface area contributed by atoms with Crippen molar-refractivity contribution < 1.29 is 8.42 Å². The van der Waals surface area contributed by atoms with Gasteiger partial charge in [0, 0.05) is 25.7 Å². The molecule has 0 bridgehead atoms. The minimum atomic E-state index is -3.33. The van der Waals surface area contributed by atoms with Crippen molar-refractivity contribution in [1.82, 2.24) is 9.62 Å². The van der Waals surface area contributed by atoms with Crippen molar-refractivity contribution in [3.05, 3.63) is 29.8 Å². The lowest BCUT2D eigenvalue weighted by molar-refractivity contribution is 0.310. The summed E-state index contributed by atoms with van der Waals surface area (Å²) in [4.78, 5) is 0.425. The lowest BCUT2D eigenvalue weighted by atomic mass is 10.2. The Bertz CT molecular complexity index is 505. The molecule has 1 heterocycles. The maximum atomic E-state index is 12.5. The number of rotatable bonds is 2. The Hall–Kier alpha value is -0.620. The van der Waals surface area contributed by atoms with Gasteiger partial charge in [0.25, 0.3) is 0 Å². The van der Waals surface area contributed by atoms with Crippen LogP contribution >= 0.6 is 12.4 Å². The molecule has 0 unspecified atom stereocenters. The summed E-state index contributed by atoms with van der Waals surface area (Å²) in [6, 6.07) is 7.35. The highest BCUT2D eigenvalue weighted by molar-refractivity contribution is 7.89. The van der Waals surface area contributed by atoms with Crippen molar-refractivity contribution >= 4 is 22.4 Å². The third kappa shape index (κ3) is 3.03. The summed E-state index contributed by atoms with van der Waals surface area (Å²) >= 11 is 0. The Kier molecular flexibility index (Phi) is 5.16. The van der Waals surface area contributed by atoms with E-state index in [-0.39, 0.29) is 18.4 Å². The first-order chi connectivity index (χ1) is 8.01. The quantitative estimate of drug-likeness (QED) is 0.896. The largest absolute Gasteiger partial charge is 0.312 e. The van der Waals surface area contributed by atoms with Gasteiger partial charge in [-0.05, 0) is 25.5 Å². The van der Waals surface area contributed by atoms with Crippen LogP contribution in [0.1, 0.15) is 12.5 Å². The molecule has 1 atom stereocenters. The minimum absolute atomic E-state index is 0. The highest BCUT2D eigenvalue weighted by Gasteiger charge is 2.29. The van der Waals surface area contributed by atoms with Crippen LogP contribution in [0.3, 0.4) is 0 Å². The van der Waals surface area contributed by atoms with Gasteiger partial charge < -0.3 is 5.32 Å². The molecule has 0 aromatic heterocycles. The predicted octanol–water partition coefficient (Wildman–Crippen LogP) is 1.40. The molecule has 1 saturated heterocycles. The Balaban J connectivity index is 0.00000162. The van der Waals surface area contributed by atoms with E-state index in [1.54, 1.807) is 16.4 Å². The molecule has 0 radical (unpaired) electrons. The summed E-state index contributed by atoms with van der Waals surface area (Å²) in [5.41, 5.74) is 0.804. The second kappa shape index (κ2) is 6.02. The van der Waals surface area contributed by atoms with Crippen LogP contribution in [0.4, 0.5) is 0 Å². The van der Waals surface area contributed by atoms with Crippen LogP contribution in [0.15, 0.2) is 29.2 Å². The number of hydrogen-bond donors (Lipinski definition) is 1. The van der Waals surface area contributed by atoms with Crippen LogP contribution in [-0.4, -0.2) is 38.4 Å². The zero-order chi connectivity index (χ0) is 12.5. The number of hydrogen-bond acceptors (Lipinski definition) is 3. The molecule has 0 aliphatic carbocycles. The number of nitrogens with zero attached hydrogens (tertiary/aromatic N) is 1. The van der Waals surface area contributed by atoms with Gasteiger partial charge in [-0.3, -0.25) is 0 Å². The van der Waals surface area contributed by atoms with E-state index in [0.29, 0.717) is 24.5 Å². The number of piperazine rings is 1. The fourth-order valence-electron chi connectivity index (χ4n) is 2.10. The van der Waals surface area contributed by atoms with E-state index in [9.17, 15) is 8.42 Å². The molecule has 1 aromatic rings. The highest BCUT2D eigenvalue weighted by Crippen LogP contribution is 2.20. The molecule has 102 valence electrons. The van der Waals surface area contributed by atoms with Crippen molar-refractivity contribution in [2.24, 2.45) is 0 Å². The molecule has 1 aromatic carbocycles. The number of aryl methyl sites for hydroxylation is 1. The van der Waals surface area contributed by atoms with Gasteiger partial charge in [-0.2, -0.15) is 4.31 Å². The maximum Gasteiger partial charge on any atom is 0.243 e. The van der Waals surface area contributed by atoms with Crippen molar-refractivity contribution in [3.63, 3.8) is 0 Å². The van der Waals surface area contributed by atoms with Gasteiger partial charge in [0.1, 0.15) is 0 Å². The normalized spacial score (nSPS) is 21.3. The van der Waals surface area contributed by atoms with E-state index in [1.807, 2.05) is 26.0 Å². The fraction of sp³-hybridized carbons (Fsp3) is 0.500. The first kappa shape index (κ1) is 15.4. The molecular weight excluding hydrogens is 272 g/mol. The monoisotopic (exact) mass is 290 g/mol. The number of benzene rings is 1. The van der Waals surface area contributed by atoms with E-state index in [1.165, 1.54) is 0 Å². The average molecular weight is 291 g/mol. The topological polar surface area (TPSA) is 49.4 Å². The van der Waals surface area contributed by atoms with Gasteiger partial charge in [0.2, 0.25) is 10.0 Å². The van der Waals surface area contributed by atoms with E-state index < -0.39 is 10.0 Å². The van der Waals surface area contributed by atoms with Crippen LogP contribution < -0.4 is 5.32 Å².